The van der Waals surface area contributed by atoms with Crippen LogP contribution in [0.5, 0.6) is 0 Å². The van der Waals surface area contributed by atoms with Crippen LogP contribution < -0.4 is 0 Å². The van der Waals surface area contributed by atoms with Crippen molar-refractivity contribution in [1.29, 1.82) is 0 Å². The highest BCUT2D eigenvalue weighted by molar-refractivity contribution is 5.93. The minimum atomic E-state index is -0.416. The zero-order valence-corrected chi connectivity index (χ0v) is 15.3. The average Bonchev–Trinajstić information content (AvgIpc) is 2.88. The Labute approximate surface area is 144 Å². The molecule has 4 fully saturated rings. The fourth-order valence-electron chi connectivity index (χ4n) is 7.40. The number of carbonyl (C=O) groups is 3. The second-order valence-electron chi connectivity index (χ2n) is 9.55. The minimum absolute atomic E-state index is 0.0607. The molecule has 0 bridgehead atoms. The van der Waals surface area contributed by atoms with E-state index in [-0.39, 0.29) is 17.1 Å². The van der Waals surface area contributed by atoms with Gasteiger partial charge in [0.1, 0.15) is 17.3 Å². The smallest absolute Gasteiger partial charge is 0.140 e. The molecular formula is C21H30O3. The monoisotopic (exact) mass is 330 g/mol. The van der Waals surface area contributed by atoms with Crippen molar-refractivity contribution in [2.75, 3.05) is 0 Å². The molecule has 0 unspecified atom stereocenters. The van der Waals surface area contributed by atoms with Crippen LogP contribution in [0.2, 0.25) is 0 Å². The second kappa shape index (κ2) is 5.25. The Morgan fingerprint density at radius 2 is 1.75 bits per heavy atom. The fourth-order valence-corrected chi connectivity index (χ4v) is 7.40. The van der Waals surface area contributed by atoms with Crippen LogP contribution in [0.3, 0.4) is 0 Å². The standard InChI is InChI=1S/C21H30O3/c1-12(22)16-6-7-17-15-5-4-13-10-14(23)8-9-20(13,2)18(15)11-19(24)21(16,17)3/h13,15-18H,4-11H2,1-3H3/t13-,15+,16-,17+,18+,20-,21-/m0/s1. The van der Waals surface area contributed by atoms with E-state index in [1.165, 1.54) is 0 Å². The molecule has 0 aromatic heterocycles. The lowest BCUT2D eigenvalue weighted by molar-refractivity contribution is -0.160. The molecule has 4 aliphatic carbocycles. The maximum atomic E-state index is 13.2. The van der Waals surface area contributed by atoms with Crippen molar-refractivity contribution in [2.24, 2.45) is 40.4 Å². The summed E-state index contributed by atoms with van der Waals surface area (Å²) in [6, 6.07) is 0. The van der Waals surface area contributed by atoms with E-state index in [2.05, 4.69) is 13.8 Å². The lowest BCUT2D eigenvalue weighted by Gasteiger charge is -2.59. The summed E-state index contributed by atoms with van der Waals surface area (Å²) in [5.74, 6) is 2.76. The summed E-state index contributed by atoms with van der Waals surface area (Å²) < 4.78 is 0. The molecule has 7 atom stereocenters. The van der Waals surface area contributed by atoms with E-state index in [1.807, 2.05) is 0 Å². The van der Waals surface area contributed by atoms with Crippen molar-refractivity contribution in [1.82, 2.24) is 0 Å². The van der Waals surface area contributed by atoms with E-state index in [0.717, 1.165) is 38.5 Å². The predicted octanol–water partition coefficient (Wildman–Crippen LogP) is 3.98. The Balaban J connectivity index is 1.69. The van der Waals surface area contributed by atoms with Gasteiger partial charge in [0.25, 0.3) is 0 Å². The molecule has 3 nitrogen and oxygen atoms in total. The zero-order chi connectivity index (χ0) is 17.3. The number of hydrogen-bond acceptors (Lipinski definition) is 3. The molecule has 0 aromatic rings. The molecule has 0 heterocycles. The Morgan fingerprint density at radius 1 is 1.00 bits per heavy atom. The number of rotatable bonds is 1. The topological polar surface area (TPSA) is 51.2 Å². The molecular weight excluding hydrogens is 300 g/mol. The van der Waals surface area contributed by atoms with Gasteiger partial charge in [0.15, 0.2) is 0 Å². The van der Waals surface area contributed by atoms with Gasteiger partial charge in [0.2, 0.25) is 0 Å². The van der Waals surface area contributed by atoms with E-state index in [1.54, 1.807) is 6.92 Å². The van der Waals surface area contributed by atoms with Gasteiger partial charge in [-0.15, -0.1) is 0 Å². The number of Topliss-reactive ketones (excluding diaryl/α,β-unsaturated/α-hetero) is 3. The van der Waals surface area contributed by atoms with Crippen LogP contribution >= 0.6 is 0 Å². The summed E-state index contributed by atoms with van der Waals surface area (Å²) in [5.41, 5.74) is -0.261. The maximum absolute atomic E-state index is 13.2. The van der Waals surface area contributed by atoms with Crippen LogP contribution in [0, 0.1) is 40.4 Å². The Morgan fingerprint density at radius 3 is 2.46 bits per heavy atom. The van der Waals surface area contributed by atoms with Crippen molar-refractivity contribution in [3.05, 3.63) is 0 Å². The molecule has 0 saturated heterocycles. The van der Waals surface area contributed by atoms with Gasteiger partial charge in [-0.25, -0.2) is 0 Å². The third-order valence-corrected chi connectivity index (χ3v) is 8.84. The third-order valence-electron chi connectivity index (χ3n) is 8.84. The first-order chi connectivity index (χ1) is 11.3. The Kier molecular flexibility index (Phi) is 3.61. The lowest BCUT2D eigenvalue weighted by atomic mass is 9.44. The highest BCUT2D eigenvalue weighted by Crippen LogP contribution is 2.66. The predicted molar refractivity (Wildman–Crippen MR) is 91.3 cm³/mol. The van der Waals surface area contributed by atoms with E-state index < -0.39 is 5.41 Å². The van der Waals surface area contributed by atoms with Crippen molar-refractivity contribution >= 4 is 17.3 Å². The quantitative estimate of drug-likeness (QED) is 0.730. The second-order valence-corrected chi connectivity index (χ2v) is 9.55. The van der Waals surface area contributed by atoms with Crippen molar-refractivity contribution in [3.8, 4) is 0 Å². The molecule has 0 aliphatic heterocycles. The van der Waals surface area contributed by atoms with Gasteiger partial charge in [-0.2, -0.15) is 0 Å². The molecule has 0 aromatic carbocycles. The Bertz CT molecular complexity index is 608. The molecule has 0 amide bonds. The summed E-state index contributed by atoms with van der Waals surface area (Å²) >= 11 is 0. The fraction of sp³-hybridized carbons (Fsp3) is 0.857. The Hall–Kier alpha value is -0.990. The van der Waals surface area contributed by atoms with E-state index in [4.69, 9.17) is 0 Å². The molecule has 3 heteroatoms. The van der Waals surface area contributed by atoms with Crippen LogP contribution in [0.1, 0.15) is 72.1 Å². The van der Waals surface area contributed by atoms with Crippen LogP contribution in [-0.4, -0.2) is 17.3 Å². The number of hydrogen-bond donors (Lipinski definition) is 0. The zero-order valence-electron chi connectivity index (χ0n) is 15.3. The molecule has 4 rings (SSSR count). The normalized spacial score (nSPS) is 50.9. The highest BCUT2D eigenvalue weighted by Gasteiger charge is 2.64. The van der Waals surface area contributed by atoms with Gasteiger partial charge in [-0.3, -0.25) is 14.4 Å². The third kappa shape index (κ3) is 1.99. The number of carbonyl (C=O) groups excluding carboxylic acids is 3. The first-order valence-electron chi connectivity index (χ1n) is 9.84. The van der Waals surface area contributed by atoms with Gasteiger partial charge >= 0.3 is 0 Å². The van der Waals surface area contributed by atoms with Gasteiger partial charge < -0.3 is 0 Å². The summed E-state index contributed by atoms with van der Waals surface area (Å²) in [6.45, 7) is 6.12. The summed E-state index contributed by atoms with van der Waals surface area (Å²) in [5, 5.41) is 0. The highest BCUT2D eigenvalue weighted by atomic mass is 16.1. The molecule has 4 aliphatic rings. The SMILES string of the molecule is CC(=O)[C@@H]1CC[C@@H]2[C@H]3CC[C@H]4CC(=O)CC[C@]4(C)[C@@H]3CC(=O)[C@]21C. The first-order valence-corrected chi connectivity index (χ1v) is 9.84. The van der Waals surface area contributed by atoms with Crippen molar-refractivity contribution in [2.45, 2.75) is 72.1 Å². The van der Waals surface area contributed by atoms with Gasteiger partial charge in [-0.05, 0) is 68.1 Å². The van der Waals surface area contributed by atoms with E-state index in [9.17, 15) is 14.4 Å². The first kappa shape index (κ1) is 16.5. The van der Waals surface area contributed by atoms with Crippen molar-refractivity contribution in [3.63, 3.8) is 0 Å². The largest absolute Gasteiger partial charge is 0.300 e. The maximum Gasteiger partial charge on any atom is 0.140 e. The lowest BCUT2D eigenvalue weighted by Crippen LogP contribution is -2.57. The van der Waals surface area contributed by atoms with Gasteiger partial charge in [-0.1, -0.05) is 13.8 Å². The summed E-state index contributed by atoms with van der Waals surface area (Å²) in [7, 11) is 0. The van der Waals surface area contributed by atoms with Crippen molar-refractivity contribution < 1.29 is 14.4 Å². The summed E-state index contributed by atoms with van der Waals surface area (Å²) in [4.78, 5) is 37.3. The molecule has 0 N–H and O–H groups in total. The molecule has 24 heavy (non-hydrogen) atoms. The molecule has 0 spiro atoms. The van der Waals surface area contributed by atoms with Crippen LogP contribution in [0.15, 0.2) is 0 Å². The van der Waals surface area contributed by atoms with Crippen LogP contribution in [-0.2, 0) is 14.4 Å². The minimum Gasteiger partial charge on any atom is -0.300 e. The van der Waals surface area contributed by atoms with Crippen LogP contribution in [0.4, 0.5) is 0 Å². The van der Waals surface area contributed by atoms with E-state index >= 15 is 0 Å². The summed E-state index contributed by atoms with van der Waals surface area (Å²) in [6.07, 6.45) is 7.24. The van der Waals surface area contributed by atoms with Gasteiger partial charge in [0, 0.05) is 30.6 Å². The average molecular weight is 330 g/mol. The number of fused-ring (bicyclic) bond motifs is 5. The molecule has 132 valence electrons. The van der Waals surface area contributed by atoms with Crippen LogP contribution in [0.25, 0.3) is 0 Å². The molecule has 0 radical (unpaired) electrons. The van der Waals surface area contributed by atoms with Gasteiger partial charge in [0.05, 0.1) is 0 Å². The van der Waals surface area contributed by atoms with E-state index in [0.29, 0.717) is 48.1 Å². The number of ketones is 3. The molecule has 4 saturated carbocycles.